The molecule has 0 bridgehead atoms. The zero-order chi connectivity index (χ0) is 14.0. The number of imidazole rings is 1. The summed E-state index contributed by atoms with van der Waals surface area (Å²) in [4.78, 5) is 27.6. The van der Waals surface area contributed by atoms with E-state index >= 15 is 0 Å². The van der Waals surface area contributed by atoms with Gasteiger partial charge in [-0.05, 0) is 31.6 Å². The second-order valence-electron chi connectivity index (χ2n) is 5.41. The Labute approximate surface area is 111 Å². The number of nitrogens with zero attached hydrogens (tertiary/aromatic N) is 2. The van der Waals surface area contributed by atoms with Crippen LogP contribution in [0.1, 0.15) is 43.1 Å². The van der Waals surface area contributed by atoms with E-state index in [0.717, 1.165) is 12.8 Å². The van der Waals surface area contributed by atoms with E-state index < -0.39 is 11.5 Å². The summed E-state index contributed by atoms with van der Waals surface area (Å²) in [6.45, 7) is 2.11. The van der Waals surface area contributed by atoms with Gasteiger partial charge in [0.15, 0.2) is 0 Å². The van der Waals surface area contributed by atoms with Crippen LogP contribution in [0.15, 0.2) is 12.5 Å². The Morgan fingerprint density at radius 3 is 2.58 bits per heavy atom. The fourth-order valence-electron chi connectivity index (χ4n) is 2.50. The summed E-state index contributed by atoms with van der Waals surface area (Å²) in [7, 11) is 1.71. The lowest BCUT2D eigenvalue weighted by molar-refractivity contribution is -0.146. The Kier molecular flexibility index (Phi) is 3.59. The smallest absolute Gasteiger partial charge is 0.329 e. The van der Waals surface area contributed by atoms with Crippen molar-refractivity contribution in [3.05, 3.63) is 18.2 Å². The zero-order valence-electron chi connectivity index (χ0n) is 11.2. The van der Waals surface area contributed by atoms with Crippen molar-refractivity contribution in [3.63, 3.8) is 0 Å². The van der Waals surface area contributed by atoms with Gasteiger partial charge in [-0.2, -0.15) is 0 Å². The Hall–Kier alpha value is -1.85. The number of aromatic nitrogens is 2. The van der Waals surface area contributed by atoms with Gasteiger partial charge in [0.1, 0.15) is 11.2 Å². The summed E-state index contributed by atoms with van der Waals surface area (Å²) in [5.41, 5.74) is -0.757. The van der Waals surface area contributed by atoms with Crippen molar-refractivity contribution in [1.82, 2.24) is 14.9 Å². The summed E-state index contributed by atoms with van der Waals surface area (Å²) in [5, 5.41) is 12.1. The van der Waals surface area contributed by atoms with E-state index in [4.69, 9.17) is 0 Å². The van der Waals surface area contributed by atoms with Gasteiger partial charge < -0.3 is 15.0 Å². The molecule has 0 aliphatic heterocycles. The van der Waals surface area contributed by atoms with Gasteiger partial charge in [0.2, 0.25) is 0 Å². The van der Waals surface area contributed by atoms with Crippen LogP contribution in [0.25, 0.3) is 0 Å². The number of rotatable bonds is 3. The van der Waals surface area contributed by atoms with E-state index in [2.05, 4.69) is 17.2 Å². The molecule has 1 aromatic heterocycles. The summed E-state index contributed by atoms with van der Waals surface area (Å²) in [6, 6.07) is 0. The molecule has 0 aromatic carbocycles. The molecule has 6 nitrogen and oxygen atoms in total. The quantitative estimate of drug-likeness (QED) is 0.859. The van der Waals surface area contributed by atoms with E-state index in [1.54, 1.807) is 11.6 Å². The number of carbonyl (C=O) groups excluding carboxylic acids is 1. The molecule has 0 radical (unpaired) electrons. The molecule has 104 valence electrons. The highest BCUT2D eigenvalue weighted by molar-refractivity contribution is 5.96. The molecule has 1 aliphatic carbocycles. The molecular formula is C13H19N3O3. The van der Waals surface area contributed by atoms with Gasteiger partial charge in [-0.15, -0.1) is 0 Å². The second kappa shape index (κ2) is 5.03. The molecular weight excluding hydrogens is 246 g/mol. The fourth-order valence-corrected chi connectivity index (χ4v) is 2.50. The van der Waals surface area contributed by atoms with E-state index in [1.165, 1.54) is 12.5 Å². The Morgan fingerprint density at radius 2 is 2.11 bits per heavy atom. The van der Waals surface area contributed by atoms with Crippen LogP contribution in [-0.4, -0.2) is 32.1 Å². The van der Waals surface area contributed by atoms with E-state index in [1.807, 2.05) is 0 Å². The van der Waals surface area contributed by atoms with Gasteiger partial charge in [-0.3, -0.25) is 4.79 Å². The average molecular weight is 265 g/mol. The molecule has 1 amide bonds. The van der Waals surface area contributed by atoms with Crippen molar-refractivity contribution >= 4 is 11.9 Å². The maximum atomic E-state index is 12.2. The molecule has 1 saturated carbocycles. The van der Waals surface area contributed by atoms with Gasteiger partial charge in [0.05, 0.1) is 12.5 Å². The molecule has 2 rings (SSSR count). The summed E-state index contributed by atoms with van der Waals surface area (Å²) < 4.78 is 1.58. The predicted molar refractivity (Wildman–Crippen MR) is 68.7 cm³/mol. The normalized spacial score (nSPS) is 26.9. The number of aliphatic carboxylic acids is 1. The second-order valence-corrected chi connectivity index (χ2v) is 5.41. The molecule has 0 saturated heterocycles. The molecule has 0 spiro atoms. The van der Waals surface area contributed by atoms with Crippen molar-refractivity contribution in [1.29, 1.82) is 0 Å². The predicted octanol–water partition coefficient (Wildman–Crippen LogP) is 1.18. The third kappa shape index (κ3) is 2.62. The van der Waals surface area contributed by atoms with Gasteiger partial charge >= 0.3 is 5.97 Å². The molecule has 1 fully saturated rings. The van der Waals surface area contributed by atoms with E-state index in [9.17, 15) is 14.7 Å². The van der Waals surface area contributed by atoms with Crippen LogP contribution in [0.3, 0.4) is 0 Å². The van der Waals surface area contributed by atoms with Crippen molar-refractivity contribution in [2.45, 2.75) is 38.1 Å². The van der Waals surface area contributed by atoms with Crippen molar-refractivity contribution < 1.29 is 14.7 Å². The van der Waals surface area contributed by atoms with Crippen molar-refractivity contribution in [2.24, 2.45) is 13.0 Å². The lowest BCUT2D eigenvalue weighted by Crippen LogP contribution is -2.56. The zero-order valence-corrected chi connectivity index (χ0v) is 11.2. The number of carbonyl (C=O) groups is 2. The number of carboxylic acids is 1. The van der Waals surface area contributed by atoms with E-state index in [0.29, 0.717) is 24.5 Å². The fraction of sp³-hybridized carbons (Fsp3) is 0.615. The maximum absolute atomic E-state index is 12.2. The Bertz CT molecular complexity index is 487. The van der Waals surface area contributed by atoms with Gasteiger partial charge in [-0.1, -0.05) is 6.92 Å². The number of aryl methyl sites for hydroxylation is 1. The number of nitrogens with one attached hydrogen (secondary N) is 1. The highest BCUT2D eigenvalue weighted by atomic mass is 16.4. The molecule has 1 heterocycles. The monoisotopic (exact) mass is 265 g/mol. The van der Waals surface area contributed by atoms with Crippen LogP contribution in [0.4, 0.5) is 0 Å². The first-order valence-corrected chi connectivity index (χ1v) is 6.47. The van der Waals surface area contributed by atoms with Crippen LogP contribution < -0.4 is 5.32 Å². The van der Waals surface area contributed by atoms with Crippen molar-refractivity contribution in [2.75, 3.05) is 0 Å². The molecule has 1 aromatic rings. The Morgan fingerprint density at radius 1 is 1.47 bits per heavy atom. The summed E-state index contributed by atoms with van der Waals surface area (Å²) in [6.07, 6.45) is 5.55. The maximum Gasteiger partial charge on any atom is 0.329 e. The number of hydrogen-bond donors (Lipinski definition) is 2. The van der Waals surface area contributed by atoms with Gasteiger partial charge in [0.25, 0.3) is 5.91 Å². The number of hydrogen-bond acceptors (Lipinski definition) is 3. The first kappa shape index (κ1) is 13.6. The lowest BCUT2D eigenvalue weighted by Gasteiger charge is -2.36. The third-order valence-corrected chi connectivity index (χ3v) is 3.94. The highest BCUT2D eigenvalue weighted by Crippen LogP contribution is 2.32. The molecule has 6 heteroatoms. The lowest BCUT2D eigenvalue weighted by atomic mass is 9.77. The van der Waals surface area contributed by atoms with Crippen LogP contribution in [0.2, 0.25) is 0 Å². The number of amides is 1. The standard InChI is InChI=1S/C13H19N3O3/c1-9-3-5-13(6-4-9,12(18)19)15-11(17)10-7-14-8-16(10)2/h7-9H,3-6H2,1-2H3,(H,15,17)(H,18,19). The van der Waals surface area contributed by atoms with E-state index in [-0.39, 0.29) is 5.91 Å². The molecule has 2 N–H and O–H groups in total. The topological polar surface area (TPSA) is 84.2 Å². The van der Waals surface area contributed by atoms with Crippen LogP contribution in [0, 0.1) is 5.92 Å². The highest BCUT2D eigenvalue weighted by Gasteiger charge is 2.42. The first-order valence-electron chi connectivity index (χ1n) is 6.47. The molecule has 1 aliphatic rings. The van der Waals surface area contributed by atoms with Crippen LogP contribution in [-0.2, 0) is 11.8 Å². The van der Waals surface area contributed by atoms with Gasteiger partial charge in [-0.25, -0.2) is 9.78 Å². The first-order chi connectivity index (χ1) is 8.94. The minimum Gasteiger partial charge on any atom is -0.480 e. The molecule has 0 atom stereocenters. The van der Waals surface area contributed by atoms with Crippen LogP contribution in [0.5, 0.6) is 0 Å². The third-order valence-electron chi connectivity index (χ3n) is 3.94. The molecule has 19 heavy (non-hydrogen) atoms. The average Bonchev–Trinajstić information content (AvgIpc) is 2.78. The summed E-state index contributed by atoms with van der Waals surface area (Å²) in [5.74, 6) is -0.812. The minimum atomic E-state index is -1.13. The minimum absolute atomic E-state index is 0.374. The summed E-state index contributed by atoms with van der Waals surface area (Å²) >= 11 is 0. The van der Waals surface area contributed by atoms with Crippen molar-refractivity contribution in [3.8, 4) is 0 Å². The molecule has 0 unspecified atom stereocenters. The SMILES string of the molecule is CC1CCC(NC(=O)c2cncn2C)(C(=O)O)CC1. The van der Waals surface area contributed by atoms with Gasteiger partial charge in [0, 0.05) is 7.05 Å². The van der Waals surface area contributed by atoms with Crippen LogP contribution >= 0.6 is 0 Å². The number of carboxylic acid groups (broad SMARTS) is 1. The Balaban J connectivity index is 2.16. The largest absolute Gasteiger partial charge is 0.480 e.